The fraction of sp³-hybridized carbons (Fsp3) is 0.300. The van der Waals surface area contributed by atoms with E-state index in [-0.39, 0.29) is 16.7 Å². The van der Waals surface area contributed by atoms with Gasteiger partial charge in [-0.3, -0.25) is 4.79 Å². The van der Waals surface area contributed by atoms with E-state index in [0.29, 0.717) is 6.42 Å². The highest BCUT2D eigenvalue weighted by Crippen LogP contribution is 2.23. The Bertz CT molecular complexity index is 350. The van der Waals surface area contributed by atoms with Gasteiger partial charge in [0.25, 0.3) is 0 Å². The van der Waals surface area contributed by atoms with Crippen LogP contribution in [0, 0.1) is 0 Å². The molecule has 0 unspecified atom stereocenters. The summed E-state index contributed by atoms with van der Waals surface area (Å²) in [5.41, 5.74) is 0.798. The zero-order valence-electron chi connectivity index (χ0n) is 8.12. The smallest absolute Gasteiger partial charge is 0.226 e. The summed E-state index contributed by atoms with van der Waals surface area (Å²) in [6, 6.07) is 4.77. The Labute approximate surface area is 87.9 Å². The molecule has 0 heterocycles. The normalized spacial score (nSPS) is 9.93. The molecule has 0 aliphatic heterocycles. The van der Waals surface area contributed by atoms with E-state index in [4.69, 9.17) is 16.7 Å². The van der Waals surface area contributed by atoms with Crippen LogP contribution in [0.3, 0.4) is 0 Å². The van der Waals surface area contributed by atoms with Crippen LogP contribution in [0.25, 0.3) is 0 Å². The van der Waals surface area contributed by atoms with Gasteiger partial charge in [0.15, 0.2) is 0 Å². The fourth-order valence-corrected chi connectivity index (χ4v) is 1.20. The summed E-state index contributed by atoms with van der Waals surface area (Å²) in [6.07, 6.45) is 0.299. The highest BCUT2D eigenvalue weighted by Gasteiger charge is 2.07. The highest BCUT2D eigenvalue weighted by atomic mass is 35.5. The first-order chi connectivity index (χ1) is 6.50. The molecule has 0 saturated carbocycles. The summed E-state index contributed by atoms with van der Waals surface area (Å²) in [7, 11) is 3.40. The minimum atomic E-state index is 0.00626. The lowest BCUT2D eigenvalue weighted by Gasteiger charge is -2.10. The van der Waals surface area contributed by atoms with Crippen molar-refractivity contribution in [2.24, 2.45) is 0 Å². The molecular weight excluding hydrogens is 202 g/mol. The molecule has 0 fully saturated rings. The second-order valence-corrected chi connectivity index (χ2v) is 3.66. The minimum Gasteiger partial charge on any atom is -0.506 e. The Kier molecular flexibility index (Phi) is 3.36. The van der Waals surface area contributed by atoms with Crippen LogP contribution >= 0.6 is 11.6 Å². The maximum atomic E-state index is 11.3. The largest absolute Gasteiger partial charge is 0.506 e. The first kappa shape index (κ1) is 10.9. The van der Waals surface area contributed by atoms with Gasteiger partial charge in [-0.1, -0.05) is 17.7 Å². The van der Waals surface area contributed by atoms with Gasteiger partial charge >= 0.3 is 0 Å². The molecule has 3 nitrogen and oxygen atoms in total. The van der Waals surface area contributed by atoms with Crippen LogP contribution in [-0.4, -0.2) is 30.0 Å². The van der Waals surface area contributed by atoms with Crippen molar-refractivity contribution in [3.63, 3.8) is 0 Å². The Morgan fingerprint density at radius 2 is 2.14 bits per heavy atom. The van der Waals surface area contributed by atoms with E-state index >= 15 is 0 Å². The van der Waals surface area contributed by atoms with Gasteiger partial charge in [0.05, 0.1) is 11.4 Å². The molecule has 1 aromatic rings. The predicted molar refractivity (Wildman–Crippen MR) is 55.5 cm³/mol. The third-order valence-electron chi connectivity index (χ3n) is 1.87. The number of benzene rings is 1. The number of aromatic hydroxyl groups is 1. The average Bonchev–Trinajstić information content (AvgIpc) is 2.11. The van der Waals surface area contributed by atoms with E-state index in [2.05, 4.69) is 0 Å². The lowest BCUT2D eigenvalue weighted by atomic mass is 10.1. The van der Waals surface area contributed by atoms with Gasteiger partial charge in [-0.25, -0.2) is 0 Å². The lowest BCUT2D eigenvalue weighted by Crippen LogP contribution is -2.23. The van der Waals surface area contributed by atoms with Crippen molar-refractivity contribution < 1.29 is 9.90 Å². The van der Waals surface area contributed by atoms with E-state index < -0.39 is 0 Å². The topological polar surface area (TPSA) is 40.5 Å². The van der Waals surface area contributed by atoms with Crippen molar-refractivity contribution in [3.05, 3.63) is 28.8 Å². The third kappa shape index (κ3) is 2.64. The first-order valence-corrected chi connectivity index (χ1v) is 4.56. The number of carbonyl (C=O) groups is 1. The van der Waals surface area contributed by atoms with Crippen molar-refractivity contribution in [1.29, 1.82) is 0 Å². The number of hydrogen-bond acceptors (Lipinski definition) is 2. The Balaban J connectivity index is 2.78. The monoisotopic (exact) mass is 213 g/mol. The number of carbonyl (C=O) groups excluding carboxylic acids is 1. The molecule has 0 saturated heterocycles. The van der Waals surface area contributed by atoms with Crippen LogP contribution in [-0.2, 0) is 11.2 Å². The maximum Gasteiger partial charge on any atom is 0.226 e. The van der Waals surface area contributed by atoms with E-state index in [1.807, 2.05) is 0 Å². The number of rotatable bonds is 2. The summed E-state index contributed by atoms with van der Waals surface area (Å²) in [6.45, 7) is 0. The summed E-state index contributed by atoms with van der Waals surface area (Å²) in [5, 5.41) is 9.43. The Hall–Kier alpha value is -1.22. The molecular formula is C10H12ClNO2. The summed E-state index contributed by atoms with van der Waals surface area (Å²) >= 11 is 5.70. The van der Waals surface area contributed by atoms with Crippen molar-refractivity contribution in [2.75, 3.05) is 14.1 Å². The van der Waals surface area contributed by atoms with Crippen LogP contribution in [0.5, 0.6) is 5.75 Å². The maximum absolute atomic E-state index is 11.3. The van der Waals surface area contributed by atoms with Crippen molar-refractivity contribution >= 4 is 17.5 Å². The zero-order valence-corrected chi connectivity index (χ0v) is 8.88. The Morgan fingerprint density at radius 3 is 2.64 bits per heavy atom. The van der Waals surface area contributed by atoms with Crippen LogP contribution in [0.15, 0.2) is 18.2 Å². The number of halogens is 1. The number of phenols is 1. The van der Waals surface area contributed by atoms with Crippen LogP contribution in [0.2, 0.25) is 5.02 Å². The lowest BCUT2D eigenvalue weighted by molar-refractivity contribution is -0.127. The molecule has 1 amide bonds. The van der Waals surface area contributed by atoms with Crippen LogP contribution in [0.1, 0.15) is 5.56 Å². The van der Waals surface area contributed by atoms with E-state index in [1.54, 1.807) is 26.2 Å². The Morgan fingerprint density at radius 1 is 1.50 bits per heavy atom. The number of hydrogen-bond donors (Lipinski definition) is 1. The molecule has 0 spiro atoms. The van der Waals surface area contributed by atoms with Gasteiger partial charge in [0.2, 0.25) is 5.91 Å². The summed E-state index contributed by atoms with van der Waals surface area (Å²) < 4.78 is 0. The van der Waals surface area contributed by atoms with E-state index in [1.165, 1.54) is 11.0 Å². The zero-order chi connectivity index (χ0) is 10.7. The molecule has 0 aliphatic carbocycles. The van der Waals surface area contributed by atoms with Gasteiger partial charge < -0.3 is 10.0 Å². The second-order valence-electron chi connectivity index (χ2n) is 3.25. The molecule has 1 N–H and O–H groups in total. The third-order valence-corrected chi connectivity index (χ3v) is 2.17. The van der Waals surface area contributed by atoms with E-state index in [9.17, 15) is 4.79 Å². The first-order valence-electron chi connectivity index (χ1n) is 4.18. The van der Waals surface area contributed by atoms with Crippen LogP contribution in [0.4, 0.5) is 0 Å². The van der Waals surface area contributed by atoms with Crippen molar-refractivity contribution in [3.8, 4) is 5.75 Å². The summed E-state index contributed by atoms with van der Waals surface area (Å²) in [4.78, 5) is 12.8. The summed E-state index contributed by atoms with van der Waals surface area (Å²) in [5.74, 6) is 0.0412. The molecule has 14 heavy (non-hydrogen) atoms. The van der Waals surface area contributed by atoms with Gasteiger partial charge in [0, 0.05) is 14.1 Å². The van der Waals surface area contributed by atoms with Crippen LogP contribution < -0.4 is 0 Å². The molecule has 4 heteroatoms. The van der Waals surface area contributed by atoms with Gasteiger partial charge in [-0.05, 0) is 17.7 Å². The quantitative estimate of drug-likeness (QED) is 0.812. The highest BCUT2D eigenvalue weighted by molar-refractivity contribution is 6.32. The molecule has 0 aliphatic rings. The molecule has 0 bridgehead atoms. The van der Waals surface area contributed by atoms with Gasteiger partial charge in [-0.2, -0.15) is 0 Å². The number of amides is 1. The molecule has 1 aromatic carbocycles. The number of phenolic OH excluding ortho intramolecular Hbond substituents is 1. The molecule has 0 aromatic heterocycles. The van der Waals surface area contributed by atoms with E-state index in [0.717, 1.165) is 5.56 Å². The second kappa shape index (κ2) is 4.33. The number of nitrogens with zero attached hydrogens (tertiary/aromatic N) is 1. The molecule has 76 valence electrons. The molecule has 1 rings (SSSR count). The standard InChI is InChI=1S/C10H12ClNO2/c1-12(2)10(14)6-7-3-4-9(13)8(11)5-7/h3-5,13H,6H2,1-2H3. The average molecular weight is 214 g/mol. The van der Waals surface area contributed by atoms with Crippen molar-refractivity contribution in [2.45, 2.75) is 6.42 Å². The minimum absolute atomic E-state index is 0.00626. The SMILES string of the molecule is CN(C)C(=O)Cc1ccc(O)c(Cl)c1. The number of likely N-dealkylation sites (N-methyl/N-ethyl adjacent to an activating group) is 1. The van der Waals surface area contributed by atoms with Gasteiger partial charge in [0.1, 0.15) is 5.75 Å². The van der Waals surface area contributed by atoms with Crippen molar-refractivity contribution in [1.82, 2.24) is 4.90 Å². The predicted octanol–water partition coefficient (Wildman–Crippen LogP) is 1.68. The fourth-order valence-electron chi connectivity index (χ4n) is 0.993. The van der Waals surface area contributed by atoms with Gasteiger partial charge in [-0.15, -0.1) is 0 Å². The molecule has 0 radical (unpaired) electrons. The molecule has 0 atom stereocenters.